The molecule has 0 radical (unpaired) electrons. The summed E-state index contributed by atoms with van der Waals surface area (Å²) < 4.78 is 11.2. The van der Waals surface area contributed by atoms with Crippen molar-refractivity contribution >= 4 is 11.8 Å². The summed E-state index contributed by atoms with van der Waals surface area (Å²) in [6.07, 6.45) is 6.28. The number of nitrogens with one attached hydrogen (secondary N) is 1. The molecular weight excluding hydrogens is 334 g/mol. The van der Waals surface area contributed by atoms with Crippen LogP contribution in [-0.4, -0.2) is 53.2 Å². The minimum atomic E-state index is -0.104. The van der Waals surface area contributed by atoms with Gasteiger partial charge in [0.1, 0.15) is 24.0 Å². The molecule has 0 unspecified atom stereocenters. The Morgan fingerprint density at radius 1 is 1.31 bits per heavy atom. The van der Waals surface area contributed by atoms with Crippen LogP contribution in [0.4, 0.5) is 10.6 Å². The smallest absolute Gasteiger partial charge is 0.317 e. The third-order valence-corrected chi connectivity index (χ3v) is 4.77. The molecule has 0 bridgehead atoms. The molecule has 2 aliphatic rings. The Kier molecular flexibility index (Phi) is 4.90. The van der Waals surface area contributed by atoms with Gasteiger partial charge in [0.15, 0.2) is 0 Å². The summed E-state index contributed by atoms with van der Waals surface area (Å²) in [5.74, 6) is 2.23. The van der Waals surface area contributed by atoms with Crippen molar-refractivity contribution in [2.45, 2.75) is 31.9 Å². The van der Waals surface area contributed by atoms with Crippen molar-refractivity contribution in [1.29, 1.82) is 0 Å². The average molecular weight is 357 g/mol. The highest BCUT2D eigenvalue weighted by Crippen LogP contribution is 2.22. The summed E-state index contributed by atoms with van der Waals surface area (Å²) in [5.41, 5.74) is 0. The standard InChI is InChI=1S/C18H23N5O3/c24-18(19-11-14-4-3-9-25-14)23-8-5-15(12-23)26-17-10-16(20-13-21-17)22-6-1-2-7-22/h3-4,9-10,13,15H,1-2,5-8,11-12H2,(H,19,24)/t15-/m0/s1. The molecule has 1 atom stereocenters. The molecule has 26 heavy (non-hydrogen) atoms. The molecule has 2 fully saturated rings. The SMILES string of the molecule is O=C(NCc1ccco1)N1CC[C@H](Oc2cc(N3CCCC3)ncn2)C1. The van der Waals surface area contributed by atoms with Crippen LogP contribution in [0.3, 0.4) is 0 Å². The Labute approximate surface area is 152 Å². The first-order valence-electron chi connectivity index (χ1n) is 9.07. The summed E-state index contributed by atoms with van der Waals surface area (Å²) >= 11 is 0. The number of rotatable bonds is 5. The minimum absolute atomic E-state index is 0.0503. The zero-order valence-electron chi connectivity index (χ0n) is 14.6. The van der Waals surface area contributed by atoms with Gasteiger partial charge in [-0.15, -0.1) is 0 Å². The van der Waals surface area contributed by atoms with Crippen LogP contribution in [0.25, 0.3) is 0 Å². The Balaban J connectivity index is 1.28. The topological polar surface area (TPSA) is 83.7 Å². The van der Waals surface area contributed by atoms with Crippen LogP contribution in [0.15, 0.2) is 35.2 Å². The molecule has 4 heterocycles. The number of carbonyl (C=O) groups excluding carboxylic acids is 1. The normalized spacial score (nSPS) is 19.8. The largest absolute Gasteiger partial charge is 0.472 e. The van der Waals surface area contributed by atoms with Gasteiger partial charge in [-0.1, -0.05) is 0 Å². The van der Waals surface area contributed by atoms with Gasteiger partial charge in [0.2, 0.25) is 5.88 Å². The third-order valence-electron chi connectivity index (χ3n) is 4.77. The lowest BCUT2D eigenvalue weighted by Gasteiger charge is -2.19. The fraction of sp³-hybridized carbons (Fsp3) is 0.500. The highest BCUT2D eigenvalue weighted by Gasteiger charge is 2.28. The number of likely N-dealkylation sites (tertiary alicyclic amines) is 1. The van der Waals surface area contributed by atoms with E-state index >= 15 is 0 Å². The first-order chi connectivity index (χ1) is 12.8. The second-order valence-corrected chi connectivity index (χ2v) is 6.62. The van der Waals surface area contributed by atoms with Crippen LogP contribution in [0.1, 0.15) is 25.0 Å². The molecule has 2 aromatic rings. The molecule has 1 N–H and O–H groups in total. The van der Waals surface area contributed by atoms with Crippen molar-refractivity contribution in [3.05, 3.63) is 36.5 Å². The molecule has 8 nitrogen and oxygen atoms in total. The number of hydrogen-bond donors (Lipinski definition) is 1. The monoisotopic (exact) mass is 357 g/mol. The van der Waals surface area contributed by atoms with E-state index in [-0.39, 0.29) is 12.1 Å². The molecule has 2 saturated heterocycles. The average Bonchev–Trinajstić information content (AvgIpc) is 3.41. The number of hydrogen-bond acceptors (Lipinski definition) is 6. The lowest BCUT2D eigenvalue weighted by Crippen LogP contribution is -2.39. The molecule has 138 valence electrons. The molecule has 4 rings (SSSR count). The highest BCUT2D eigenvalue weighted by molar-refractivity contribution is 5.74. The first-order valence-corrected chi connectivity index (χ1v) is 9.07. The Bertz CT molecular complexity index is 730. The van der Waals surface area contributed by atoms with Crippen LogP contribution >= 0.6 is 0 Å². The van der Waals surface area contributed by atoms with E-state index in [2.05, 4.69) is 20.2 Å². The summed E-state index contributed by atoms with van der Waals surface area (Å²) in [4.78, 5) is 24.8. The molecule has 0 saturated carbocycles. The molecule has 0 aliphatic carbocycles. The van der Waals surface area contributed by atoms with Gasteiger partial charge in [-0.3, -0.25) is 0 Å². The quantitative estimate of drug-likeness (QED) is 0.882. The number of urea groups is 1. The Morgan fingerprint density at radius 2 is 2.19 bits per heavy atom. The second-order valence-electron chi connectivity index (χ2n) is 6.62. The number of carbonyl (C=O) groups is 1. The predicted octanol–water partition coefficient (Wildman–Crippen LogP) is 2.03. The van der Waals surface area contributed by atoms with Gasteiger partial charge in [-0.2, -0.15) is 0 Å². The van der Waals surface area contributed by atoms with Gasteiger partial charge in [-0.05, 0) is 25.0 Å². The number of ether oxygens (including phenoxy) is 1. The van der Waals surface area contributed by atoms with Crippen LogP contribution < -0.4 is 15.0 Å². The van der Waals surface area contributed by atoms with E-state index in [1.807, 2.05) is 12.1 Å². The van der Waals surface area contributed by atoms with E-state index < -0.39 is 0 Å². The third kappa shape index (κ3) is 3.89. The van der Waals surface area contributed by atoms with Crippen LogP contribution in [0, 0.1) is 0 Å². The van der Waals surface area contributed by atoms with Crippen LogP contribution in [0.5, 0.6) is 5.88 Å². The summed E-state index contributed by atoms with van der Waals surface area (Å²) in [5, 5.41) is 2.86. The lowest BCUT2D eigenvalue weighted by molar-refractivity contribution is 0.182. The molecule has 8 heteroatoms. The van der Waals surface area contributed by atoms with Crippen molar-refractivity contribution in [3.8, 4) is 5.88 Å². The van der Waals surface area contributed by atoms with E-state index in [0.717, 1.165) is 31.1 Å². The first kappa shape index (κ1) is 16.7. The van der Waals surface area contributed by atoms with Crippen molar-refractivity contribution in [2.24, 2.45) is 0 Å². The van der Waals surface area contributed by atoms with Gasteiger partial charge in [0.05, 0.1) is 19.4 Å². The second kappa shape index (κ2) is 7.63. The molecule has 2 aromatic heterocycles. The van der Waals surface area contributed by atoms with Crippen molar-refractivity contribution in [1.82, 2.24) is 20.2 Å². The van der Waals surface area contributed by atoms with E-state index in [4.69, 9.17) is 9.15 Å². The fourth-order valence-corrected chi connectivity index (χ4v) is 3.38. The highest BCUT2D eigenvalue weighted by atomic mass is 16.5. The van der Waals surface area contributed by atoms with E-state index in [1.165, 1.54) is 12.8 Å². The maximum Gasteiger partial charge on any atom is 0.317 e. The fourth-order valence-electron chi connectivity index (χ4n) is 3.38. The van der Waals surface area contributed by atoms with Gasteiger partial charge < -0.3 is 24.3 Å². The Morgan fingerprint density at radius 3 is 3.00 bits per heavy atom. The number of aromatic nitrogens is 2. The lowest BCUT2D eigenvalue weighted by atomic mass is 10.3. The van der Waals surface area contributed by atoms with E-state index in [0.29, 0.717) is 25.5 Å². The summed E-state index contributed by atoms with van der Waals surface area (Å²) in [6.45, 7) is 3.66. The molecule has 0 spiro atoms. The van der Waals surface area contributed by atoms with Gasteiger partial charge in [0.25, 0.3) is 0 Å². The zero-order valence-corrected chi connectivity index (χ0v) is 14.6. The summed E-state index contributed by atoms with van der Waals surface area (Å²) in [7, 11) is 0. The maximum atomic E-state index is 12.3. The van der Waals surface area contributed by atoms with Crippen molar-refractivity contribution in [3.63, 3.8) is 0 Å². The van der Waals surface area contributed by atoms with Gasteiger partial charge in [-0.25, -0.2) is 14.8 Å². The number of furan rings is 1. The molecule has 0 aromatic carbocycles. The van der Waals surface area contributed by atoms with Gasteiger partial charge in [0, 0.05) is 32.1 Å². The van der Waals surface area contributed by atoms with Crippen LogP contribution in [0.2, 0.25) is 0 Å². The number of amides is 2. The predicted molar refractivity (Wildman–Crippen MR) is 95.0 cm³/mol. The van der Waals surface area contributed by atoms with E-state index in [9.17, 15) is 4.79 Å². The van der Waals surface area contributed by atoms with Crippen molar-refractivity contribution < 1.29 is 13.9 Å². The summed E-state index contributed by atoms with van der Waals surface area (Å²) in [6, 6.07) is 5.43. The zero-order chi connectivity index (χ0) is 17.8. The van der Waals surface area contributed by atoms with E-state index in [1.54, 1.807) is 23.6 Å². The van der Waals surface area contributed by atoms with Gasteiger partial charge >= 0.3 is 6.03 Å². The van der Waals surface area contributed by atoms with Crippen molar-refractivity contribution in [2.75, 3.05) is 31.1 Å². The van der Waals surface area contributed by atoms with Crippen LogP contribution in [-0.2, 0) is 6.54 Å². The number of nitrogens with zero attached hydrogens (tertiary/aromatic N) is 4. The molecule has 2 amide bonds. The molecule has 2 aliphatic heterocycles. The maximum absolute atomic E-state index is 12.3. The Hall–Kier alpha value is -2.77. The number of anilines is 1. The minimum Gasteiger partial charge on any atom is -0.472 e. The molecular formula is C18H23N5O3.